The van der Waals surface area contributed by atoms with E-state index < -0.39 is 10.0 Å². The molecule has 1 N–H and O–H groups in total. The molecule has 1 aromatic heterocycles. The van der Waals surface area contributed by atoms with Crippen molar-refractivity contribution >= 4 is 50.0 Å². The van der Waals surface area contributed by atoms with Crippen molar-refractivity contribution in [2.75, 3.05) is 41.6 Å². The molecule has 2 aliphatic rings. The zero-order valence-electron chi connectivity index (χ0n) is 23.6. The fraction of sp³-hybridized carbons (Fsp3) is 0.333. The van der Waals surface area contributed by atoms with Crippen LogP contribution in [0.2, 0.25) is 0 Å². The Bertz CT molecular complexity index is 1620. The van der Waals surface area contributed by atoms with Crippen molar-refractivity contribution < 1.29 is 13.2 Å². The van der Waals surface area contributed by atoms with E-state index in [9.17, 15) is 13.2 Å². The van der Waals surface area contributed by atoms with Gasteiger partial charge in [0.2, 0.25) is 0 Å². The van der Waals surface area contributed by atoms with Gasteiger partial charge in [-0.2, -0.15) is 0 Å². The first-order valence-electron chi connectivity index (χ1n) is 14.7. The van der Waals surface area contributed by atoms with E-state index in [1.165, 1.54) is 48.4 Å². The fourth-order valence-corrected chi connectivity index (χ4v) is 8.18. The van der Waals surface area contributed by atoms with Crippen LogP contribution in [0.5, 0.6) is 0 Å². The van der Waals surface area contributed by atoms with Gasteiger partial charge in [-0.1, -0.05) is 43.9 Å². The van der Waals surface area contributed by atoms with Crippen molar-refractivity contribution in [1.29, 1.82) is 0 Å². The van der Waals surface area contributed by atoms with Crippen LogP contribution in [0.4, 0.5) is 11.4 Å². The SMILES string of the molecule is O=C(c1ccc(NS(=O)(=O)c2cccc3cccnc23)cc1)N1CCN(c2ccc(SCCC3CCCC3)cc2)CC1. The average molecular weight is 601 g/mol. The van der Waals surface area contributed by atoms with Crippen molar-refractivity contribution in [3.63, 3.8) is 0 Å². The van der Waals surface area contributed by atoms with Gasteiger partial charge < -0.3 is 9.80 Å². The molecule has 1 aliphatic heterocycles. The van der Waals surface area contributed by atoms with Gasteiger partial charge >= 0.3 is 0 Å². The van der Waals surface area contributed by atoms with Gasteiger partial charge in [-0.05, 0) is 78.8 Å². The summed E-state index contributed by atoms with van der Waals surface area (Å²) in [5.74, 6) is 2.08. The molecule has 1 saturated carbocycles. The molecule has 7 nitrogen and oxygen atoms in total. The summed E-state index contributed by atoms with van der Waals surface area (Å²) in [5, 5.41) is 0.752. The number of nitrogens with zero attached hydrogens (tertiary/aromatic N) is 3. The second kappa shape index (κ2) is 12.8. The van der Waals surface area contributed by atoms with E-state index >= 15 is 0 Å². The molecule has 1 aliphatic carbocycles. The molecule has 0 unspecified atom stereocenters. The molecule has 0 bridgehead atoms. The Kier molecular flexibility index (Phi) is 8.67. The van der Waals surface area contributed by atoms with E-state index in [0.717, 1.165) is 24.4 Å². The smallest absolute Gasteiger partial charge is 0.264 e. The molecule has 4 aromatic rings. The Hall–Kier alpha value is -3.56. The molecule has 1 amide bonds. The second-order valence-electron chi connectivity index (χ2n) is 11.1. The van der Waals surface area contributed by atoms with E-state index in [1.807, 2.05) is 28.8 Å². The second-order valence-corrected chi connectivity index (χ2v) is 13.9. The third-order valence-corrected chi connectivity index (χ3v) is 10.8. The summed E-state index contributed by atoms with van der Waals surface area (Å²) in [6.07, 6.45) is 8.53. The van der Waals surface area contributed by atoms with Crippen LogP contribution in [-0.2, 0) is 10.0 Å². The van der Waals surface area contributed by atoms with E-state index in [-0.39, 0.29) is 10.8 Å². The number of hydrogen-bond acceptors (Lipinski definition) is 6. The summed E-state index contributed by atoms with van der Waals surface area (Å²) >= 11 is 1.96. The zero-order chi connectivity index (χ0) is 28.9. The first-order chi connectivity index (χ1) is 20.5. The number of aromatic nitrogens is 1. The normalized spacial score (nSPS) is 16.2. The van der Waals surface area contributed by atoms with Crippen LogP contribution in [0, 0.1) is 5.92 Å². The first kappa shape index (κ1) is 28.6. The van der Waals surface area contributed by atoms with E-state index in [0.29, 0.717) is 29.9 Å². The molecule has 0 atom stereocenters. The highest BCUT2D eigenvalue weighted by molar-refractivity contribution is 7.99. The van der Waals surface area contributed by atoms with Gasteiger partial charge in [-0.3, -0.25) is 14.5 Å². The Morgan fingerprint density at radius 3 is 2.33 bits per heavy atom. The van der Waals surface area contributed by atoms with Crippen LogP contribution in [0.3, 0.4) is 0 Å². The minimum Gasteiger partial charge on any atom is -0.368 e. The maximum absolute atomic E-state index is 13.2. The minimum atomic E-state index is -3.85. The van der Waals surface area contributed by atoms with Gasteiger partial charge in [-0.15, -0.1) is 11.8 Å². The van der Waals surface area contributed by atoms with E-state index in [1.54, 1.807) is 48.7 Å². The third kappa shape index (κ3) is 6.57. The molecule has 3 aromatic carbocycles. The highest BCUT2D eigenvalue weighted by Gasteiger charge is 2.23. The Morgan fingerprint density at radius 1 is 0.881 bits per heavy atom. The van der Waals surface area contributed by atoms with Crippen LogP contribution in [0.1, 0.15) is 42.5 Å². The number of benzene rings is 3. The molecule has 6 rings (SSSR count). The Balaban J connectivity index is 1.01. The number of nitrogens with one attached hydrogen (secondary N) is 1. The number of anilines is 2. The first-order valence-corrected chi connectivity index (χ1v) is 17.2. The molecule has 0 spiro atoms. The van der Waals surface area contributed by atoms with Gasteiger partial charge in [-0.25, -0.2) is 8.42 Å². The standard InChI is InChI=1S/C33H36N4O3S2/c38-33(27-10-12-28(13-11-27)35-42(39,40)31-9-3-7-26-8-4-19-34-32(26)31)37-22-20-36(21-23-37)29-14-16-30(17-15-29)41-24-18-25-5-1-2-6-25/h3-4,7-17,19,25,35H,1-2,5-6,18,20-24H2. The summed E-state index contributed by atoms with van der Waals surface area (Å²) in [6.45, 7) is 2.83. The van der Waals surface area contributed by atoms with Crippen LogP contribution in [0.15, 0.2) is 94.9 Å². The number of rotatable bonds is 9. The zero-order valence-corrected chi connectivity index (χ0v) is 25.2. The van der Waals surface area contributed by atoms with Crippen molar-refractivity contribution in [2.45, 2.75) is 41.9 Å². The number of thioether (sulfide) groups is 1. The molecule has 218 valence electrons. The minimum absolute atomic E-state index is 0.0451. The van der Waals surface area contributed by atoms with Crippen LogP contribution in [0.25, 0.3) is 10.9 Å². The van der Waals surface area contributed by atoms with Crippen molar-refractivity contribution in [3.8, 4) is 0 Å². The number of piperazine rings is 1. The largest absolute Gasteiger partial charge is 0.368 e. The lowest BCUT2D eigenvalue weighted by Crippen LogP contribution is -2.48. The number of fused-ring (bicyclic) bond motifs is 1. The van der Waals surface area contributed by atoms with Crippen molar-refractivity contribution in [1.82, 2.24) is 9.88 Å². The van der Waals surface area contributed by atoms with Crippen molar-refractivity contribution in [2.24, 2.45) is 5.92 Å². The summed E-state index contributed by atoms with van der Waals surface area (Å²) in [6, 6.07) is 24.1. The highest BCUT2D eigenvalue weighted by atomic mass is 32.2. The summed E-state index contributed by atoms with van der Waals surface area (Å²) in [7, 11) is -3.85. The molecule has 42 heavy (non-hydrogen) atoms. The summed E-state index contributed by atoms with van der Waals surface area (Å²) in [4.78, 5) is 23.1. The molecule has 2 fully saturated rings. The Morgan fingerprint density at radius 2 is 1.60 bits per heavy atom. The number of hydrogen-bond donors (Lipinski definition) is 1. The maximum Gasteiger partial charge on any atom is 0.264 e. The third-order valence-electron chi connectivity index (χ3n) is 8.31. The van der Waals surface area contributed by atoms with Gasteiger partial charge in [0.1, 0.15) is 4.90 Å². The molecule has 0 radical (unpaired) electrons. The Labute approximate surface area is 252 Å². The lowest BCUT2D eigenvalue weighted by molar-refractivity contribution is 0.0747. The average Bonchev–Trinajstić information content (AvgIpc) is 3.55. The fourth-order valence-electron chi connectivity index (χ4n) is 5.93. The highest BCUT2D eigenvalue weighted by Crippen LogP contribution is 2.31. The van der Waals surface area contributed by atoms with Gasteiger partial charge in [0, 0.05) is 59.6 Å². The van der Waals surface area contributed by atoms with Gasteiger partial charge in [0.05, 0.1) is 5.52 Å². The van der Waals surface area contributed by atoms with Gasteiger partial charge in [0.15, 0.2) is 0 Å². The lowest BCUT2D eigenvalue weighted by Gasteiger charge is -2.36. The predicted molar refractivity (Wildman–Crippen MR) is 171 cm³/mol. The van der Waals surface area contributed by atoms with Crippen molar-refractivity contribution in [3.05, 3.63) is 90.6 Å². The number of pyridine rings is 1. The number of carbonyl (C=O) groups excluding carboxylic acids is 1. The van der Waals surface area contributed by atoms with Crippen LogP contribution in [-0.4, -0.2) is 56.1 Å². The molecule has 2 heterocycles. The van der Waals surface area contributed by atoms with E-state index in [4.69, 9.17) is 0 Å². The quantitative estimate of drug-likeness (QED) is 0.216. The number of sulfonamides is 1. The number of para-hydroxylation sites is 1. The molecular weight excluding hydrogens is 565 g/mol. The summed E-state index contributed by atoms with van der Waals surface area (Å²) < 4.78 is 28.8. The maximum atomic E-state index is 13.2. The monoisotopic (exact) mass is 600 g/mol. The van der Waals surface area contributed by atoms with Crippen LogP contribution < -0.4 is 9.62 Å². The molecule has 1 saturated heterocycles. The van der Waals surface area contributed by atoms with E-state index in [2.05, 4.69) is 38.9 Å². The predicted octanol–water partition coefficient (Wildman–Crippen LogP) is 6.67. The number of amides is 1. The van der Waals surface area contributed by atoms with Gasteiger partial charge in [0.25, 0.3) is 15.9 Å². The lowest BCUT2D eigenvalue weighted by atomic mass is 10.1. The topological polar surface area (TPSA) is 82.6 Å². The van der Waals surface area contributed by atoms with Crippen LogP contribution >= 0.6 is 11.8 Å². The molecule has 9 heteroatoms. The number of carbonyl (C=O) groups is 1. The summed E-state index contributed by atoms with van der Waals surface area (Å²) in [5.41, 5.74) is 2.55. The molecular formula is C33H36N4O3S2.